The second-order valence-electron chi connectivity index (χ2n) is 5.65. The highest BCUT2D eigenvalue weighted by atomic mass is 16.2. The summed E-state index contributed by atoms with van der Waals surface area (Å²) < 4.78 is 0. The number of nitrogens with one attached hydrogen (secondary N) is 3. The Labute approximate surface area is 133 Å². The van der Waals surface area contributed by atoms with Crippen LogP contribution in [0.2, 0.25) is 0 Å². The first kappa shape index (κ1) is 16.5. The van der Waals surface area contributed by atoms with Crippen LogP contribution >= 0.6 is 0 Å². The van der Waals surface area contributed by atoms with Gasteiger partial charge in [0, 0.05) is 18.3 Å². The van der Waals surface area contributed by atoms with E-state index in [4.69, 9.17) is 0 Å². The maximum atomic E-state index is 12.0. The molecule has 3 N–H and O–H groups in total. The van der Waals surface area contributed by atoms with Crippen molar-refractivity contribution in [3.8, 4) is 0 Å². The molecule has 1 aromatic carbocycles. The molecule has 122 valence electrons. The molecule has 1 saturated heterocycles. The summed E-state index contributed by atoms with van der Waals surface area (Å²) in [7, 11) is 1.53. The van der Waals surface area contributed by atoms with Gasteiger partial charge in [-0.25, -0.2) is 4.79 Å². The van der Waals surface area contributed by atoms with Crippen molar-refractivity contribution < 1.29 is 19.2 Å². The second-order valence-corrected chi connectivity index (χ2v) is 5.65. The zero-order valence-electron chi connectivity index (χ0n) is 13.1. The summed E-state index contributed by atoms with van der Waals surface area (Å²) >= 11 is 0. The largest absolute Gasteiger partial charge is 0.355 e. The summed E-state index contributed by atoms with van der Waals surface area (Å²) in [5, 5.41) is 7.57. The van der Waals surface area contributed by atoms with Crippen LogP contribution in [0, 0.1) is 0 Å². The third kappa shape index (κ3) is 3.47. The molecule has 8 heteroatoms. The highest BCUT2D eigenvalue weighted by Crippen LogP contribution is 2.16. The molecule has 8 nitrogen and oxygen atoms in total. The van der Waals surface area contributed by atoms with Gasteiger partial charge in [-0.2, -0.15) is 0 Å². The Morgan fingerprint density at radius 1 is 1.17 bits per heavy atom. The Morgan fingerprint density at radius 3 is 2.26 bits per heavy atom. The monoisotopic (exact) mass is 318 g/mol. The van der Waals surface area contributed by atoms with Gasteiger partial charge >= 0.3 is 6.03 Å². The van der Waals surface area contributed by atoms with Crippen molar-refractivity contribution in [1.29, 1.82) is 0 Å². The fourth-order valence-electron chi connectivity index (χ4n) is 2.15. The van der Waals surface area contributed by atoms with Crippen molar-refractivity contribution in [3.05, 3.63) is 29.8 Å². The van der Waals surface area contributed by atoms with E-state index in [1.54, 1.807) is 38.1 Å². The first-order valence-corrected chi connectivity index (χ1v) is 7.00. The Hall–Kier alpha value is -2.90. The van der Waals surface area contributed by atoms with Crippen LogP contribution in [0.3, 0.4) is 0 Å². The SMILES string of the molecule is CNC(=O)c1ccc(NC(=O)CN2C(=O)NC(C)(C)C2=O)cc1. The Kier molecular flexibility index (Phi) is 4.35. The smallest absolute Gasteiger partial charge is 0.325 e. The van der Waals surface area contributed by atoms with Crippen LogP contribution in [0.5, 0.6) is 0 Å². The average molecular weight is 318 g/mol. The van der Waals surface area contributed by atoms with Gasteiger partial charge in [0.25, 0.3) is 11.8 Å². The van der Waals surface area contributed by atoms with Crippen molar-refractivity contribution in [3.63, 3.8) is 0 Å². The molecule has 0 saturated carbocycles. The lowest BCUT2D eigenvalue weighted by Gasteiger charge is -2.15. The minimum absolute atomic E-state index is 0.232. The molecule has 0 unspecified atom stereocenters. The second kappa shape index (κ2) is 6.07. The van der Waals surface area contributed by atoms with E-state index >= 15 is 0 Å². The maximum absolute atomic E-state index is 12.0. The van der Waals surface area contributed by atoms with Crippen LogP contribution in [0.25, 0.3) is 0 Å². The summed E-state index contributed by atoms with van der Waals surface area (Å²) in [6.45, 7) is 2.77. The predicted molar refractivity (Wildman–Crippen MR) is 82.8 cm³/mol. The number of rotatable bonds is 4. The van der Waals surface area contributed by atoms with Crippen LogP contribution in [-0.2, 0) is 9.59 Å². The number of hydrogen-bond acceptors (Lipinski definition) is 4. The lowest BCUT2D eigenvalue weighted by atomic mass is 10.1. The molecule has 0 aromatic heterocycles. The fraction of sp³-hybridized carbons (Fsp3) is 0.333. The number of hydrogen-bond donors (Lipinski definition) is 3. The fourth-order valence-corrected chi connectivity index (χ4v) is 2.15. The van der Waals surface area contributed by atoms with Crippen LogP contribution in [0.15, 0.2) is 24.3 Å². The molecule has 1 aliphatic rings. The lowest BCUT2D eigenvalue weighted by molar-refractivity contribution is -0.132. The molecule has 1 aromatic rings. The third-order valence-corrected chi connectivity index (χ3v) is 3.40. The molecular weight excluding hydrogens is 300 g/mol. The molecule has 2 rings (SSSR count). The van der Waals surface area contributed by atoms with Crippen molar-refractivity contribution in [2.45, 2.75) is 19.4 Å². The van der Waals surface area contributed by atoms with Crippen LogP contribution in [-0.4, -0.2) is 47.8 Å². The van der Waals surface area contributed by atoms with Crippen molar-refractivity contribution in [2.75, 3.05) is 18.9 Å². The molecule has 0 spiro atoms. The van der Waals surface area contributed by atoms with Gasteiger partial charge < -0.3 is 16.0 Å². The van der Waals surface area contributed by atoms with E-state index in [2.05, 4.69) is 16.0 Å². The van der Waals surface area contributed by atoms with Gasteiger partial charge in [0.2, 0.25) is 5.91 Å². The summed E-state index contributed by atoms with van der Waals surface area (Å²) in [6.07, 6.45) is 0. The minimum atomic E-state index is -1.01. The molecule has 5 amide bonds. The molecule has 0 atom stereocenters. The van der Waals surface area contributed by atoms with Gasteiger partial charge in [0.15, 0.2) is 0 Å². The zero-order chi connectivity index (χ0) is 17.2. The van der Waals surface area contributed by atoms with E-state index in [0.29, 0.717) is 11.3 Å². The van der Waals surface area contributed by atoms with Gasteiger partial charge in [0.1, 0.15) is 12.1 Å². The molecule has 0 bridgehead atoms. The quantitative estimate of drug-likeness (QED) is 0.695. The topological polar surface area (TPSA) is 108 Å². The minimum Gasteiger partial charge on any atom is -0.355 e. The molecule has 0 aliphatic carbocycles. The van der Waals surface area contributed by atoms with Gasteiger partial charge in [-0.3, -0.25) is 19.3 Å². The molecule has 1 fully saturated rings. The lowest BCUT2D eigenvalue weighted by Crippen LogP contribution is -2.41. The highest BCUT2D eigenvalue weighted by Gasteiger charge is 2.44. The zero-order valence-corrected chi connectivity index (χ0v) is 13.1. The molecule has 0 radical (unpaired) electrons. The number of nitrogens with zero attached hydrogens (tertiary/aromatic N) is 1. The maximum Gasteiger partial charge on any atom is 0.325 e. The normalized spacial score (nSPS) is 16.0. The average Bonchev–Trinajstić information content (AvgIpc) is 2.69. The first-order valence-electron chi connectivity index (χ1n) is 7.00. The van der Waals surface area contributed by atoms with Gasteiger partial charge in [-0.05, 0) is 38.1 Å². The van der Waals surface area contributed by atoms with Crippen LogP contribution < -0.4 is 16.0 Å². The van der Waals surface area contributed by atoms with E-state index in [1.165, 1.54) is 7.05 Å². The molecule has 23 heavy (non-hydrogen) atoms. The van der Waals surface area contributed by atoms with Crippen LogP contribution in [0.1, 0.15) is 24.2 Å². The van der Waals surface area contributed by atoms with Crippen molar-refractivity contribution in [1.82, 2.24) is 15.5 Å². The Morgan fingerprint density at radius 2 is 1.78 bits per heavy atom. The number of carbonyl (C=O) groups excluding carboxylic acids is 4. The van der Waals surface area contributed by atoms with E-state index < -0.39 is 23.4 Å². The van der Waals surface area contributed by atoms with Crippen molar-refractivity contribution >= 4 is 29.4 Å². The number of urea groups is 1. The predicted octanol–water partition coefficient (Wildman–Crippen LogP) is 0.315. The van der Waals surface area contributed by atoms with Gasteiger partial charge in [0.05, 0.1) is 0 Å². The van der Waals surface area contributed by atoms with E-state index in [-0.39, 0.29) is 12.5 Å². The van der Waals surface area contributed by atoms with E-state index in [1.807, 2.05) is 0 Å². The molecule has 1 aliphatic heterocycles. The number of anilines is 1. The van der Waals surface area contributed by atoms with E-state index in [0.717, 1.165) is 4.90 Å². The Bertz CT molecular complexity index is 667. The number of imide groups is 1. The van der Waals surface area contributed by atoms with Crippen molar-refractivity contribution in [2.24, 2.45) is 0 Å². The Balaban J connectivity index is 1.99. The summed E-state index contributed by atoms with van der Waals surface area (Å²) in [5.41, 5.74) is -0.0812. The van der Waals surface area contributed by atoms with E-state index in [9.17, 15) is 19.2 Å². The summed E-state index contributed by atoms with van der Waals surface area (Å²) in [4.78, 5) is 48.0. The summed E-state index contributed by atoms with van der Waals surface area (Å²) in [5.74, 6) is -1.18. The number of benzene rings is 1. The van der Waals surface area contributed by atoms with Crippen LogP contribution in [0.4, 0.5) is 10.5 Å². The van der Waals surface area contributed by atoms with Gasteiger partial charge in [-0.1, -0.05) is 0 Å². The first-order chi connectivity index (χ1) is 10.7. The van der Waals surface area contributed by atoms with Gasteiger partial charge in [-0.15, -0.1) is 0 Å². The number of carbonyl (C=O) groups is 4. The third-order valence-electron chi connectivity index (χ3n) is 3.40. The standard InChI is InChI=1S/C15H18N4O4/c1-15(2)13(22)19(14(23)18-15)8-11(20)17-10-6-4-9(5-7-10)12(21)16-3/h4-7H,8H2,1-3H3,(H,16,21)(H,17,20)(H,18,23). The molecule has 1 heterocycles. The molecular formula is C15H18N4O4. The summed E-state index contributed by atoms with van der Waals surface area (Å²) in [6, 6.07) is 5.66. The highest BCUT2D eigenvalue weighted by molar-refractivity contribution is 6.09. The number of amides is 5.